The number of hydrogen-bond acceptors (Lipinski definition) is 4. The summed E-state index contributed by atoms with van der Waals surface area (Å²) in [4.78, 5) is 23.4. The first kappa shape index (κ1) is 18.1. The van der Waals surface area contributed by atoms with Gasteiger partial charge in [0.1, 0.15) is 0 Å². The Morgan fingerprint density at radius 3 is 2.25 bits per heavy atom. The van der Waals surface area contributed by atoms with Crippen LogP contribution >= 0.6 is 11.8 Å². The molecule has 0 atom stereocenters. The van der Waals surface area contributed by atoms with Crippen molar-refractivity contribution in [2.45, 2.75) is 12.7 Å². The number of methoxy groups -OCH3 is 1. The minimum Gasteiger partial charge on any atom is -0.465 e. The molecule has 0 aliphatic heterocycles. The van der Waals surface area contributed by atoms with Gasteiger partial charge in [-0.05, 0) is 36.8 Å². The Balaban J connectivity index is 1.71. The van der Waals surface area contributed by atoms with E-state index >= 15 is 0 Å². The first-order valence-electron chi connectivity index (χ1n) is 7.70. The number of ether oxygens (including phenoxy) is 1. The third kappa shape index (κ3) is 5.42. The Hall–Kier alpha value is -2.27. The van der Waals surface area contributed by atoms with Crippen LogP contribution in [0.3, 0.4) is 0 Å². The smallest absolute Gasteiger partial charge is 0.337 e. The van der Waals surface area contributed by atoms with Crippen molar-refractivity contribution in [1.82, 2.24) is 5.32 Å². The third-order valence-electron chi connectivity index (χ3n) is 3.49. The zero-order chi connectivity index (χ0) is 17.4. The van der Waals surface area contributed by atoms with Crippen LogP contribution in [-0.4, -0.2) is 31.3 Å². The summed E-state index contributed by atoms with van der Waals surface area (Å²) in [5.74, 6) is 1.24. The van der Waals surface area contributed by atoms with Crippen LogP contribution in [-0.2, 0) is 10.5 Å². The fraction of sp³-hybridized carbons (Fsp3) is 0.263. The maximum absolute atomic E-state index is 12.0. The van der Waals surface area contributed by atoms with Gasteiger partial charge in [0, 0.05) is 23.6 Å². The highest BCUT2D eigenvalue weighted by molar-refractivity contribution is 7.98. The molecule has 0 bridgehead atoms. The van der Waals surface area contributed by atoms with Crippen molar-refractivity contribution >= 4 is 23.6 Å². The van der Waals surface area contributed by atoms with Crippen molar-refractivity contribution in [3.8, 4) is 0 Å². The predicted molar refractivity (Wildman–Crippen MR) is 97.5 cm³/mol. The molecule has 1 amide bonds. The Morgan fingerprint density at radius 2 is 1.62 bits per heavy atom. The number of esters is 1. The largest absolute Gasteiger partial charge is 0.465 e. The number of amides is 1. The quantitative estimate of drug-likeness (QED) is 0.618. The number of hydrogen-bond donors (Lipinski definition) is 1. The summed E-state index contributed by atoms with van der Waals surface area (Å²) in [7, 11) is 1.33. The fourth-order valence-corrected chi connectivity index (χ4v) is 2.91. The zero-order valence-corrected chi connectivity index (χ0v) is 14.7. The van der Waals surface area contributed by atoms with Gasteiger partial charge in [-0.15, -0.1) is 0 Å². The lowest BCUT2D eigenvalue weighted by atomic mass is 10.1. The Labute approximate surface area is 146 Å². The summed E-state index contributed by atoms with van der Waals surface area (Å²) in [6.45, 7) is 2.68. The van der Waals surface area contributed by atoms with Gasteiger partial charge >= 0.3 is 5.97 Å². The highest BCUT2D eigenvalue weighted by atomic mass is 32.2. The van der Waals surface area contributed by atoms with Crippen LogP contribution in [0.1, 0.15) is 31.8 Å². The SMILES string of the molecule is COC(=O)c1ccc(C(=O)NCCSCc2ccc(C)cc2)cc1. The number of nitrogens with one attached hydrogen (secondary N) is 1. The van der Waals surface area contributed by atoms with E-state index in [1.54, 1.807) is 36.0 Å². The number of benzene rings is 2. The van der Waals surface area contributed by atoms with Gasteiger partial charge in [-0.1, -0.05) is 29.8 Å². The van der Waals surface area contributed by atoms with E-state index in [0.29, 0.717) is 17.7 Å². The summed E-state index contributed by atoms with van der Waals surface area (Å²) >= 11 is 1.78. The molecule has 24 heavy (non-hydrogen) atoms. The van der Waals surface area contributed by atoms with E-state index in [1.807, 2.05) is 0 Å². The number of carbonyl (C=O) groups is 2. The van der Waals surface area contributed by atoms with Crippen LogP contribution in [0.25, 0.3) is 0 Å². The minimum absolute atomic E-state index is 0.137. The Kier molecular flexibility index (Phi) is 6.88. The molecule has 4 nitrogen and oxygen atoms in total. The van der Waals surface area contributed by atoms with E-state index in [2.05, 4.69) is 41.2 Å². The third-order valence-corrected chi connectivity index (χ3v) is 4.52. The van der Waals surface area contributed by atoms with Crippen LogP contribution in [0.4, 0.5) is 0 Å². The summed E-state index contributed by atoms with van der Waals surface area (Å²) in [6, 6.07) is 14.9. The summed E-state index contributed by atoms with van der Waals surface area (Å²) < 4.78 is 4.63. The lowest BCUT2D eigenvalue weighted by Crippen LogP contribution is -2.25. The second kappa shape index (κ2) is 9.13. The van der Waals surface area contributed by atoms with Crippen molar-refractivity contribution in [1.29, 1.82) is 0 Å². The molecule has 0 spiro atoms. The van der Waals surface area contributed by atoms with Crippen LogP contribution in [0.5, 0.6) is 0 Å². The van der Waals surface area contributed by atoms with Gasteiger partial charge in [-0.3, -0.25) is 4.79 Å². The van der Waals surface area contributed by atoms with E-state index in [4.69, 9.17) is 0 Å². The lowest BCUT2D eigenvalue weighted by Gasteiger charge is -2.06. The summed E-state index contributed by atoms with van der Waals surface area (Å²) in [5.41, 5.74) is 3.51. The molecule has 0 aliphatic carbocycles. The van der Waals surface area contributed by atoms with Gasteiger partial charge in [0.05, 0.1) is 12.7 Å². The molecule has 0 heterocycles. The number of aryl methyl sites for hydroxylation is 1. The fourth-order valence-electron chi connectivity index (χ4n) is 2.09. The normalized spacial score (nSPS) is 10.2. The highest BCUT2D eigenvalue weighted by Crippen LogP contribution is 2.12. The van der Waals surface area contributed by atoms with Gasteiger partial charge < -0.3 is 10.1 Å². The van der Waals surface area contributed by atoms with Gasteiger partial charge in [0.2, 0.25) is 0 Å². The molecule has 0 aromatic heterocycles. The molecule has 0 saturated heterocycles. The van der Waals surface area contributed by atoms with Gasteiger partial charge in [0.25, 0.3) is 5.91 Å². The van der Waals surface area contributed by atoms with E-state index in [0.717, 1.165) is 11.5 Å². The van der Waals surface area contributed by atoms with Crippen molar-refractivity contribution < 1.29 is 14.3 Å². The number of thioether (sulfide) groups is 1. The molecule has 2 aromatic rings. The summed E-state index contributed by atoms with van der Waals surface area (Å²) in [6.07, 6.45) is 0. The molecule has 2 aromatic carbocycles. The molecule has 0 unspecified atom stereocenters. The topological polar surface area (TPSA) is 55.4 Å². The lowest BCUT2D eigenvalue weighted by molar-refractivity contribution is 0.0600. The van der Waals surface area contributed by atoms with Gasteiger partial charge in [-0.2, -0.15) is 11.8 Å². The van der Waals surface area contributed by atoms with Crippen LogP contribution in [0, 0.1) is 6.92 Å². The molecule has 0 saturated carbocycles. The van der Waals surface area contributed by atoms with Crippen molar-refractivity contribution in [2.75, 3.05) is 19.4 Å². The second-order valence-corrected chi connectivity index (χ2v) is 6.47. The molecule has 0 aliphatic rings. The molecule has 1 N–H and O–H groups in total. The maximum Gasteiger partial charge on any atom is 0.337 e. The molecule has 126 valence electrons. The maximum atomic E-state index is 12.0. The van der Waals surface area contributed by atoms with Crippen LogP contribution < -0.4 is 5.32 Å². The van der Waals surface area contributed by atoms with E-state index in [1.165, 1.54) is 18.2 Å². The summed E-state index contributed by atoms with van der Waals surface area (Å²) in [5, 5.41) is 2.88. The molecule has 0 fully saturated rings. The highest BCUT2D eigenvalue weighted by Gasteiger charge is 2.08. The zero-order valence-electron chi connectivity index (χ0n) is 13.9. The van der Waals surface area contributed by atoms with Gasteiger partial charge in [-0.25, -0.2) is 4.79 Å². The van der Waals surface area contributed by atoms with Crippen LogP contribution in [0.2, 0.25) is 0 Å². The molecule has 5 heteroatoms. The molecular formula is C19H21NO3S. The first-order chi connectivity index (χ1) is 11.6. The molecular weight excluding hydrogens is 322 g/mol. The Bertz CT molecular complexity index is 681. The van der Waals surface area contributed by atoms with E-state index < -0.39 is 5.97 Å². The van der Waals surface area contributed by atoms with Gasteiger partial charge in [0.15, 0.2) is 0 Å². The standard InChI is InChI=1S/C19H21NO3S/c1-14-3-5-15(6-4-14)13-24-12-11-20-18(21)16-7-9-17(10-8-16)19(22)23-2/h3-10H,11-13H2,1-2H3,(H,20,21). The van der Waals surface area contributed by atoms with E-state index in [-0.39, 0.29) is 5.91 Å². The minimum atomic E-state index is -0.408. The first-order valence-corrected chi connectivity index (χ1v) is 8.85. The van der Waals surface area contributed by atoms with Crippen molar-refractivity contribution in [3.63, 3.8) is 0 Å². The van der Waals surface area contributed by atoms with Crippen molar-refractivity contribution in [2.24, 2.45) is 0 Å². The molecule has 2 rings (SSSR count). The monoisotopic (exact) mass is 343 g/mol. The second-order valence-electron chi connectivity index (χ2n) is 5.36. The number of carbonyl (C=O) groups excluding carboxylic acids is 2. The predicted octanol–water partition coefficient (Wildman–Crippen LogP) is 3.44. The Morgan fingerprint density at radius 1 is 1.00 bits per heavy atom. The van der Waals surface area contributed by atoms with Crippen molar-refractivity contribution in [3.05, 3.63) is 70.8 Å². The average Bonchev–Trinajstić information content (AvgIpc) is 2.62. The number of rotatable bonds is 7. The van der Waals surface area contributed by atoms with Crippen LogP contribution in [0.15, 0.2) is 48.5 Å². The van der Waals surface area contributed by atoms with E-state index in [9.17, 15) is 9.59 Å². The molecule has 0 radical (unpaired) electrons. The average molecular weight is 343 g/mol.